The fourth-order valence-electron chi connectivity index (χ4n) is 2.54. The van der Waals surface area contributed by atoms with Crippen molar-refractivity contribution >= 4 is 39.6 Å². The molecule has 30 heavy (non-hydrogen) atoms. The molecule has 0 bridgehead atoms. The molecule has 2 N–H and O–H groups in total. The highest BCUT2D eigenvalue weighted by Crippen LogP contribution is 2.15. The summed E-state index contributed by atoms with van der Waals surface area (Å²) >= 11 is 3.41. The van der Waals surface area contributed by atoms with Crippen LogP contribution >= 0.6 is 15.9 Å². The molecule has 0 aliphatic rings. The van der Waals surface area contributed by atoms with Crippen LogP contribution in [0.25, 0.3) is 0 Å². The van der Waals surface area contributed by atoms with Crippen molar-refractivity contribution in [2.75, 3.05) is 5.32 Å². The van der Waals surface area contributed by atoms with E-state index in [1.54, 1.807) is 30.5 Å². The van der Waals surface area contributed by atoms with E-state index < -0.39 is 0 Å². The number of hydrogen-bond donors (Lipinski definition) is 2. The number of carbonyl (C=O) groups is 2. The quantitative estimate of drug-likeness (QED) is 0.390. The zero-order valence-corrected chi connectivity index (χ0v) is 17.8. The summed E-state index contributed by atoms with van der Waals surface area (Å²) in [7, 11) is 0. The standard InChI is InChI=1S/C23H20BrN3O3/c1-16(28)26-21-10-6-19(7-11-21)23(29)27-25-14-17-4-12-22(13-5-17)30-15-18-2-8-20(24)9-3-18/h2-14H,15H2,1H3,(H,26,28)(H,27,29). The summed E-state index contributed by atoms with van der Waals surface area (Å²) in [6.45, 7) is 1.91. The SMILES string of the molecule is CC(=O)Nc1ccc(C(=O)NN=Cc2ccc(OCc3ccc(Br)cc3)cc2)cc1. The molecule has 0 saturated heterocycles. The van der Waals surface area contributed by atoms with Gasteiger partial charge in [-0.25, -0.2) is 5.43 Å². The van der Waals surface area contributed by atoms with Gasteiger partial charge in [-0.2, -0.15) is 5.10 Å². The monoisotopic (exact) mass is 465 g/mol. The van der Waals surface area contributed by atoms with E-state index >= 15 is 0 Å². The Labute approximate surface area is 183 Å². The van der Waals surface area contributed by atoms with Crippen molar-refractivity contribution in [3.8, 4) is 5.75 Å². The lowest BCUT2D eigenvalue weighted by atomic mass is 10.2. The molecule has 2 amide bonds. The predicted molar refractivity (Wildman–Crippen MR) is 121 cm³/mol. The molecule has 0 heterocycles. The van der Waals surface area contributed by atoms with Gasteiger partial charge in [0, 0.05) is 22.6 Å². The van der Waals surface area contributed by atoms with Crippen LogP contribution < -0.4 is 15.5 Å². The van der Waals surface area contributed by atoms with Gasteiger partial charge < -0.3 is 10.1 Å². The van der Waals surface area contributed by atoms with Gasteiger partial charge in [-0.05, 0) is 71.8 Å². The summed E-state index contributed by atoms with van der Waals surface area (Å²) in [6, 6.07) is 21.9. The first-order valence-corrected chi connectivity index (χ1v) is 9.97. The van der Waals surface area contributed by atoms with Crippen LogP contribution in [0.15, 0.2) is 82.4 Å². The number of amides is 2. The van der Waals surface area contributed by atoms with Gasteiger partial charge in [0.2, 0.25) is 5.91 Å². The Kier molecular flexibility index (Phi) is 7.34. The second kappa shape index (κ2) is 10.4. The number of nitrogens with one attached hydrogen (secondary N) is 2. The van der Waals surface area contributed by atoms with Crippen LogP contribution in [0.4, 0.5) is 5.69 Å². The Balaban J connectivity index is 1.49. The molecule has 0 unspecified atom stereocenters. The molecule has 0 aliphatic heterocycles. The number of hydrogen-bond acceptors (Lipinski definition) is 4. The highest BCUT2D eigenvalue weighted by Gasteiger charge is 2.04. The van der Waals surface area contributed by atoms with Crippen LogP contribution in [0.3, 0.4) is 0 Å². The molecular formula is C23H20BrN3O3. The first-order chi connectivity index (χ1) is 14.5. The molecular weight excluding hydrogens is 446 g/mol. The summed E-state index contributed by atoms with van der Waals surface area (Å²) in [5.74, 6) is 0.245. The Morgan fingerprint density at radius 1 is 0.967 bits per heavy atom. The van der Waals surface area contributed by atoms with Crippen LogP contribution in [0.1, 0.15) is 28.4 Å². The number of halogens is 1. The average molecular weight is 466 g/mol. The smallest absolute Gasteiger partial charge is 0.271 e. The normalized spacial score (nSPS) is 10.6. The molecule has 3 aromatic carbocycles. The molecule has 3 aromatic rings. The lowest BCUT2D eigenvalue weighted by molar-refractivity contribution is -0.114. The topological polar surface area (TPSA) is 79.8 Å². The lowest BCUT2D eigenvalue weighted by Gasteiger charge is -2.06. The number of carbonyl (C=O) groups excluding carboxylic acids is 2. The van der Waals surface area contributed by atoms with Crippen LogP contribution in [0.5, 0.6) is 5.75 Å². The second-order valence-corrected chi connectivity index (χ2v) is 7.36. The van der Waals surface area contributed by atoms with E-state index in [1.165, 1.54) is 6.92 Å². The Hall–Kier alpha value is -3.45. The van der Waals surface area contributed by atoms with E-state index in [1.807, 2.05) is 48.5 Å². The first kappa shape index (κ1) is 21.3. The number of rotatable bonds is 7. The minimum Gasteiger partial charge on any atom is -0.489 e. The number of benzene rings is 3. The number of nitrogens with zero attached hydrogens (tertiary/aromatic N) is 1. The van der Waals surface area contributed by atoms with Crippen molar-refractivity contribution in [2.24, 2.45) is 5.10 Å². The van der Waals surface area contributed by atoms with Gasteiger partial charge in [-0.15, -0.1) is 0 Å². The number of anilines is 1. The Morgan fingerprint density at radius 2 is 1.63 bits per heavy atom. The Morgan fingerprint density at radius 3 is 2.27 bits per heavy atom. The van der Waals surface area contributed by atoms with E-state index in [9.17, 15) is 9.59 Å². The molecule has 3 rings (SSSR count). The third-order valence-corrected chi connectivity index (χ3v) is 4.57. The number of ether oxygens (including phenoxy) is 1. The van der Waals surface area contributed by atoms with Gasteiger partial charge >= 0.3 is 0 Å². The van der Waals surface area contributed by atoms with Crippen molar-refractivity contribution in [2.45, 2.75) is 13.5 Å². The largest absolute Gasteiger partial charge is 0.489 e. The van der Waals surface area contributed by atoms with Gasteiger partial charge in [0.25, 0.3) is 5.91 Å². The summed E-state index contributed by atoms with van der Waals surface area (Å²) in [6.07, 6.45) is 1.56. The van der Waals surface area contributed by atoms with E-state index in [0.29, 0.717) is 17.9 Å². The molecule has 0 aliphatic carbocycles. The van der Waals surface area contributed by atoms with E-state index in [-0.39, 0.29) is 11.8 Å². The molecule has 0 saturated carbocycles. The van der Waals surface area contributed by atoms with E-state index in [0.717, 1.165) is 21.3 Å². The van der Waals surface area contributed by atoms with Gasteiger partial charge in [-0.1, -0.05) is 28.1 Å². The maximum atomic E-state index is 12.1. The third kappa shape index (κ3) is 6.56. The van der Waals surface area contributed by atoms with Gasteiger partial charge in [0.15, 0.2) is 0 Å². The van der Waals surface area contributed by atoms with Gasteiger partial charge in [-0.3, -0.25) is 9.59 Å². The van der Waals surface area contributed by atoms with Crippen LogP contribution in [0.2, 0.25) is 0 Å². The van der Waals surface area contributed by atoms with Crippen molar-refractivity contribution < 1.29 is 14.3 Å². The van der Waals surface area contributed by atoms with Crippen molar-refractivity contribution in [1.29, 1.82) is 0 Å². The van der Waals surface area contributed by atoms with Crippen LogP contribution in [0, 0.1) is 0 Å². The summed E-state index contributed by atoms with van der Waals surface area (Å²) in [5.41, 5.74) is 5.46. The van der Waals surface area contributed by atoms with Crippen molar-refractivity contribution in [1.82, 2.24) is 5.43 Å². The zero-order valence-electron chi connectivity index (χ0n) is 16.3. The molecule has 0 fully saturated rings. The average Bonchev–Trinajstić information content (AvgIpc) is 2.74. The summed E-state index contributed by atoms with van der Waals surface area (Å²) in [4.78, 5) is 23.2. The highest BCUT2D eigenvalue weighted by molar-refractivity contribution is 9.10. The fourth-order valence-corrected chi connectivity index (χ4v) is 2.80. The van der Waals surface area contributed by atoms with Crippen LogP contribution in [-0.4, -0.2) is 18.0 Å². The van der Waals surface area contributed by atoms with Gasteiger partial charge in [0.1, 0.15) is 12.4 Å². The number of hydrazone groups is 1. The van der Waals surface area contributed by atoms with E-state index in [2.05, 4.69) is 31.8 Å². The summed E-state index contributed by atoms with van der Waals surface area (Å²) in [5, 5.41) is 6.63. The van der Waals surface area contributed by atoms with Crippen molar-refractivity contribution in [3.05, 3.63) is 94.0 Å². The maximum absolute atomic E-state index is 12.1. The third-order valence-electron chi connectivity index (χ3n) is 4.05. The fraction of sp³-hybridized carbons (Fsp3) is 0.0870. The zero-order chi connectivity index (χ0) is 21.3. The first-order valence-electron chi connectivity index (χ1n) is 9.18. The van der Waals surface area contributed by atoms with Crippen molar-refractivity contribution in [3.63, 3.8) is 0 Å². The molecule has 0 aromatic heterocycles. The molecule has 7 heteroatoms. The molecule has 6 nitrogen and oxygen atoms in total. The highest BCUT2D eigenvalue weighted by atomic mass is 79.9. The summed E-state index contributed by atoms with van der Waals surface area (Å²) < 4.78 is 6.80. The van der Waals surface area contributed by atoms with Crippen LogP contribution in [-0.2, 0) is 11.4 Å². The molecule has 0 atom stereocenters. The molecule has 0 radical (unpaired) electrons. The molecule has 0 spiro atoms. The van der Waals surface area contributed by atoms with Gasteiger partial charge in [0.05, 0.1) is 6.21 Å². The predicted octanol–water partition coefficient (Wildman–Crippen LogP) is 4.75. The second-order valence-electron chi connectivity index (χ2n) is 6.44. The Bertz CT molecular complexity index is 1030. The van der Waals surface area contributed by atoms with E-state index in [4.69, 9.17) is 4.74 Å². The maximum Gasteiger partial charge on any atom is 0.271 e. The lowest BCUT2D eigenvalue weighted by Crippen LogP contribution is -2.17. The minimum atomic E-state index is -0.338. The molecule has 152 valence electrons. The minimum absolute atomic E-state index is 0.165.